The first kappa shape index (κ1) is 13.0. The molecule has 0 atom stereocenters. The Balaban J connectivity index is 2.29. The fourth-order valence-corrected chi connectivity index (χ4v) is 1.75. The summed E-state index contributed by atoms with van der Waals surface area (Å²) in [4.78, 5) is 19.7. The predicted octanol–water partition coefficient (Wildman–Crippen LogP) is 2.56. The SMILES string of the molecule is Cc1cc(C(=O)Nc2ccccc2C#N)nc(Cl)n1. The highest BCUT2D eigenvalue weighted by Crippen LogP contribution is 2.15. The van der Waals surface area contributed by atoms with Crippen LogP contribution in [0.2, 0.25) is 5.28 Å². The Morgan fingerprint density at radius 1 is 1.37 bits per heavy atom. The molecule has 1 aromatic heterocycles. The van der Waals surface area contributed by atoms with Gasteiger partial charge < -0.3 is 5.32 Å². The normalized spacial score (nSPS) is 9.74. The van der Waals surface area contributed by atoms with Crippen molar-refractivity contribution in [3.63, 3.8) is 0 Å². The maximum atomic E-state index is 12.0. The van der Waals surface area contributed by atoms with E-state index in [2.05, 4.69) is 15.3 Å². The maximum Gasteiger partial charge on any atom is 0.274 e. The summed E-state index contributed by atoms with van der Waals surface area (Å²) in [6, 6.07) is 10.2. The summed E-state index contributed by atoms with van der Waals surface area (Å²) < 4.78 is 0. The average Bonchev–Trinajstić information content (AvgIpc) is 2.38. The number of nitriles is 1. The number of hydrogen-bond donors (Lipinski definition) is 1. The van der Waals surface area contributed by atoms with Crippen LogP contribution in [-0.4, -0.2) is 15.9 Å². The molecule has 0 bridgehead atoms. The summed E-state index contributed by atoms with van der Waals surface area (Å²) in [6.45, 7) is 1.72. The van der Waals surface area contributed by atoms with Crippen molar-refractivity contribution in [2.45, 2.75) is 6.92 Å². The number of hydrogen-bond acceptors (Lipinski definition) is 4. The molecule has 0 saturated heterocycles. The number of aryl methyl sites for hydroxylation is 1. The molecule has 0 saturated carbocycles. The van der Waals surface area contributed by atoms with Gasteiger partial charge in [-0.25, -0.2) is 9.97 Å². The Bertz CT molecular complexity index is 658. The minimum atomic E-state index is -0.435. The second kappa shape index (κ2) is 5.46. The molecule has 94 valence electrons. The van der Waals surface area contributed by atoms with Gasteiger partial charge in [0.05, 0.1) is 11.3 Å². The summed E-state index contributed by atoms with van der Waals surface area (Å²) >= 11 is 5.70. The van der Waals surface area contributed by atoms with Gasteiger partial charge in [0.15, 0.2) is 0 Å². The van der Waals surface area contributed by atoms with E-state index in [4.69, 9.17) is 16.9 Å². The predicted molar refractivity (Wildman–Crippen MR) is 70.9 cm³/mol. The van der Waals surface area contributed by atoms with Crippen molar-refractivity contribution >= 4 is 23.2 Å². The van der Waals surface area contributed by atoms with Crippen LogP contribution in [-0.2, 0) is 0 Å². The van der Waals surface area contributed by atoms with Gasteiger partial charge in [-0.05, 0) is 36.7 Å². The molecule has 0 aliphatic heterocycles. The number of anilines is 1. The number of aromatic nitrogens is 2. The lowest BCUT2D eigenvalue weighted by molar-refractivity contribution is 0.102. The molecule has 2 aromatic rings. The molecule has 0 aliphatic rings. The van der Waals surface area contributed by atoms with Crippen LogP contribution in [0.1, 0.15) is 21.7 Å². The first-order valence-corrected chi connectivity index (χ1v) is 5.79. The van der Waals surface area contributed by atoms with Crippen molar-refractivity contribution in [2.24, 2.45) is 0 Å². The number of nitrogens with zero attached hydrogens (tertiary/aromatic N) is 3. The van der Waals surface area contributed by atoms with E-state index < -0.39 is 5.91 Å². The third-order valence-electron chi connectivity index (χ3n) is 2.36. The first-order chi connectivity index (χ1) is 9.10. The van der Waals surface area contributed by atoms with Crippen LogP contribution in [0.25, 0.3) is 0 Å². The molecule has 2 rings (SSSR count). The minimum absolute atomic E-state index is 0.0127. The van der Waals surface area contributed by atoms with Gasteiger partial charge in [0.25, 0.3) is 5.91 Å². The van der Waals surface area contributed by atoms with Gasteiger partial charge in [0, 0.05) is 5.69 Å². The highest BCUT2D eigenvalue weighted by Gasteiger charge is 2.11. The molecule has 0 radical (unpaired) electrons. The molecule has 0 aliphatic carbocycles. The van der Waals surface area contributed by atoms with Crippen LogP contribution in [0, 0.1) is 18.3 Å². The van der Waals surface area contributed by atoms with E-state index >= 15 is 0 Å². The topological polar surface area (TPSA) is 78.7 Å². The maximum absolute atomic E-state index is 12.0. The Morgan fingerprint density at radius 2 is 2.11 bits per heavy atom. The lowest BCUT2D eigenvalue weighted by Crippen LogP contribution is -2.15. The minimum Gasteiger partial charge on any atom is -0.319 e. The van der Waals surface area contributed by atoms with Crippen LogP contribution in [0.4, 0.5) is 5.69 Å². The largest absolute Gasteiger partial charge is 0.319 e. The van der Waals surface area contributed by atoms with E-state index in [1.165, 1.54) is 6.07 Å². The number of benzene rings is 1. The van der Waals surface area contributed by atoms with Crippen molar-refractivity contribution in [1.29, 1.82) is 5.26 Å². The second-order valence-electron chi connectivity index (χ2n) is 3.78. The third kappa shape index (κ3) is 3.06. The number of carbonyl (C=O) groups excluding carboxylic acids is 1. The summed E-state index contributed by atoms with van der Waals surface area (Å²) in [5.41, 5.74) is 1.57. The average molecular weight is 273 g/mol. The van der Waals surface area contributed by atoms with E-state index in [9.17, 15) is 4.79 Å². The molecular weight excluding hydrogens is 264 g/mol. The third-order valence-corrected chi connectivity index (χ3v) is 2.52. The first-order valence-electron chi connectivity index (χ1n) is 5.42. The quantitative estimate of drug-likeness (QED) is 0.852. The molecular formula is C13H9ClN4O. The van der Waals surface area contributed by atoms with Crippen molar-refractivity contribution < 1.29 is 4.79 Å². The van der Waals surface area contributed by atoms with E-state index in [0.29, 0.717) is 16.9 Å². The van der Waals surface area contributed by atoms with Crippen molar-refractivity contribution in [2.75, 3.05) is 5.32 Å². The Morgan fingerprint density at radius 3 is 2.79 bits per heavy atom. The van der Waals surface area contributed by atoms with Crippen LogP contribution in [0.5, 0.6) is 0 Å². The van der Waals surface area contributed by atoms with E-state index in [1.807, 2.05) is 6.07 Å². The molecule has 0 unspecified atom stereocenters. The van der Waals surface area contributed by atoms with Gasteiger partial charge >= 0.3 is 0 Å². The van der Waals surface area contributed by atoms with Crippen LogP contribution in [0.3, 0.4) is 0 Å². The number of halogens is 1. The Hall–Kier alpha value is -2.45. The fourth-order valence-electron chi connectivity index (χ4n) is 1.52. The van der Waals surface area contributed by atoms with Gasteiger partial charge in [-0.1, -0.05) is 12.1 Å². The van der Waals surface area contributed by atoms with Gasteiger partial charge in [0.2, 0.25) is 5.28 Å². The Kier molecular flexibility index (Phi) is 3.74. The standard InChI is InChI=1S/C13H9ClN4O/c1-8-6-11(18-13(14)16-8)12(19)17-10-5-3-2-4-9(10)7-15/h2-6H,1H3,(H,17,19). The molecule has 0 spiro atoms. The summed E-state index contributed by atoms with van der Waals surface area (Å²) in [5, 5.41) is 11.6. The molecule has 19 heavy (non-hydrogen) atoms. The van der Waals surface area contributed by atoms with Crippen molar-refractivity contribution in [1.82, 2.24) is 9.97 Å². The van der Waals surface area contributed by atoms with Crippen molar-refractivity contribution in [3.8, 4) is 6.07 Å². The molecule has 1 amide bonds. The zero-order valence-electron chi connectivity index (χ0n) is 10.0. The number of para-hydroxylation sites is 1. The highest BCUT2D eigenvalue weighted by atomic mass is 35.5. The van der Waals surface area contributed by atoms with Crippen LogP contribution in [0.15, 0.2) is 30.3 Å². The molecule has 1 heterocycles. The number of amides is 1. The Labute approximate surface area is 114 Å². The zero-order chi connectivity index (χ0) is 13.8. The zero-order valence-corrected chi connectivity index (χ0v) is 10.8. The highest BCUT2D eigenvalue weighted by molar-refractivity contribution is 6.28. The monoisotopic (exact) mass is 272 g/mol. The van der Waals surface area contributed by atoms with Crippen LogP contribution >= 0.6 is 11.6 Å². The van der Waals surface area contributed by atoms with Crippen LogP contribution < -0.4 is 5.32 Å². The van der Waals surface area contributed by atoms with Gasteiger partial charge in [-0.3, -0.25) is 4.79 Å². The molecule has 6 heteroatoms. The number of rotatable bonds is 2. The van der Waals surface area contributed by atoms with Crippen molar-refractivity contribution in [3.05, 3.63) is 52.6 Å². The summed E-state index contributed by atoms with van der Waals surface area (Å²) in [6.07, 6.45) is 0. The molecule has 1 aromatic carbocycles. The fraction of sp³-hybridized carbons (Fsp3) is 0.0769. The van der Waals surface area contributed by atoms with E-state index in [1.54, 1.807) is 31.2 Å². The van der Waals surface area contributed by atoms with Gasteiger partial charge in [-0.15, -0.1) is 0 Å². The summed E-state index contributed by atoms with van der Waals surface area (Å²) in [5.74, 6) is -0.435. The second-order valence-corrected chi connectivity index (χ2v) is 4.11. The summed E-state index contributed by atoms with van der Waals surface area (Å²) in [7, 11) is 0. The lowest BCUT2D eigenvalue weighted by Gasteiger charge is -2.06. The number of carbonyl (C=O) groups is 1. The van der Waals surface area contributed by atoms with E-state index in [-0.39, 0.29) is 11.0 Å². The number of nitrogens with one attached hydrogen (secondary N) is 1. The van der Waals surface area contributed by atoms with Gasteiger partial charge in [-0.2, -0.15) is 5.26 Å². The molecule has 0 fully saturated rings. The van der Waals surface area contributed by atoms with Gasteiger partial charge in [0.1, 0.15) is 11.8 Å². The van der Waals surface area contributed by atoms with E-state index in [0.717, 1.165) is 0 Å². The molecule has 1 N–H and O–H groups in total. The molecule has 5 nitrogen and oxygen atoms in total. The lowest BCUT2D eigenvalue weighted by atomic mass is 10.2. The smallest absolute Gasteiger partial charge is 0.274 e.